The minimum Gasteiger partial charge on any atom is -0.481 e. The lowest BCUT2D eigenvalue weighted by molar-refractivity contribution is -0.112. The summed E-state index contributed by atoms with van der Waals surface area (Å²) >= 11 is 2.13. The maximum Gasteiger partial charge on any atom is 0.274 e. The molecule has 2 aromatic rings. The van der Waals surface area contributed by atoms with Gasteiger partial charge in [0.05, 0.1) is 25.4 Å². The summed E-state index contributed by atoms with van der Waals surface area (Å²) < 4.78 is 20.9. The van der Waals surface area contributed by atoms with Crippen LogP contribution >= 0.6 is 28.4 Å². The van der Waals surface area contributed by atoms with Crippen LogP contribution in [0.1, 0.15) is 23.3 Å². The fourth-order valence-electron chi connectivity index (χ4n) is 2.87. The molecule has 1 aliphatic rings. The monoisotopic (exact) mass is 490 g/mol. The van der Waals surface area contributed by atoms with Crippen molar-refractivity contribution in [3.8, 4) is 17.1 Å². The first-order valence-electron chi connectivity index (χ1n) is 7.98. The van der Waals surface area contributed by atoms with E-state index in [2.05, 4.69) is 32.1 Å². The van der Waals surface area contributed by atoms with Crippen molar-refractivity contribution in [3.63, 3.8) is 0 Å². The van der Waals surface area contributed by atoms with E-state index in [-0.39, 0.29) is 35.3 Å². The first-order chi connectivity index (χ1) is 12.6. The Morgan fingerprint density at radius 3 is 2.77 bits per heavy atom. The SMILES string of the molecule is COc1cc(-c2cc(C(=O)N3CCC(C=O)CC3)nn2PI)c(F)cn1. The first kappa shape index (κ1) is 19.2. The van der Waals surface area contributed by atoms with Crippen LogP contribution in [-0.4, -0.2) is 51.8 Å². The van der Waals surface area contributed by atoms with Crippen molar-refractivity contribution in [3.05, 3.63) is 29.8 Å². The molecular formula is C16H17FIN4O3P. The van der Waals surface area contributed by atoms with Crippen molar-refractivity contribution in [1.29, 1.82) is 0 Å². The lowest BCUT2D eigenvalue weighted by Crippen LogP contribution is -2.39. The second-order valence-corrected chi connectivity index (χ2v) is 7.92. The minimum absolute atomic E-state index is 0.0152. The van der Waals surface area contributed by atoms with Gasteiger partial charge in [-0.2, -0.15) is 5.10 Å². The standard InChI is InChI=1S/C16H17FIN4O3P/c1-25-15-6-11(12(17)8-19-15)14-7-13(20-22(14)26-18)16(24)21-4-2-10(9-23)3-5-21/h6-10,26H,2-5H2,1H3. The Kier molecular flexibility index (Phi) is 6.18. The number of amides is 1. The van der Waals surface area contributed by atoms with Gasteiger partial charge in [-0.05, 0) is 40.9 Å². The molecule has 0 N–H and O–H groups in total. The molecule has 0 aromatic carbocycles. The van der Waals surface area contributed by atoms with Crippen molar-refractivity contribution < 1.29 is 18.7 Å². The molecule has 2 aromatic heterocycles. The number of aldehydes is 1. The van der Waals surface area contributed by atoms with Crippen LogP contribution in [0.15, 0.2) is 18.3 Å². The van der Waals surface area contributed by atoms with Crippen LogP contribution in [0, 0.1) is 11.7 Å². The Labute approximate surface area is 164 Å². The average molecular weight is 490 g/mol. The molecule has 138 valence electrons. The van der Waals surface area contributed by atoms with Crippen LogP contribution in [0.5, 0.6) is 5.88 Å². The highest BCUT2D eigenvalue weighted by molar-refractivity contribution is 14.2. The number of hydrogen-bond acceptors (Lipinski definition) is 5. The topological polar surface area (TPSA) is 77.3 Å². The van der Waals surface area contributed by atoms with Crippen molar-refractivity contribution in [2.45, 2.75) is 12.8 Å². The van der Waals surface area contributed by atoms with Crippen molar-refractivity contribution >= 4 is 40.6 Å². The summed E-state index contributed by atoms with van der Waals surface area (Å²) in [5.74, 6) is -0.408. The van der Waals surface area contributed by atoms with Gasteiger partial charge in [-0.3, -0.25) is 4.79 Å². The average Bonchev–Trinajstić information content (AvgIpc) is 3.12. The molecule has 1 aliphatic heterocycles. The third-order valence-corrected chi connectivity index (χ3v) is 6.22. The molecule has 10 heteroatoms. The highest BCUT2D eigenvalue weighted by Gasteiger charge is 2.26. The molecule has 1 fully saturated rings. The van der Waals surface area contributed by atoms with Gasteiger partial charge in [0.2, 0.25) is 5.88 Å². The van der Waals surface area contributed by atoms with E-state index >= 15 is 0 Å². The number of ether oxygens (including phenoxy) is 1. The molecule has 0 spiro atoms. The van der Waals surface area contributed by atoms with Gasteiger partial charge in [0.25, 0.3) is 5.91 Å². The number of likely N-dealkylation sites (tertiary alicyclic amines) is 1. The number of aromatic nitrogens is 3. The van der Waals surface area contributed by atoms with E-state index in [0.717, 1.165) is 12.5 Å². The van der Waals surface area contributed by atoms with Crippen LogP contribution in [0.2, 0.25) is 0 Å². The zero-order chi connectivity index (χ0) is 18.7. The molecule has 3 heterocycles. The summed E-state index contributed by atoms with van der Waals surface area (Å²) in [6, 6.07) is 3.08. The van der Waals surface area contributed by atoms with Crippen molar-refractivity contribution in [1.82, 2.24) is 19.4 Å². The lowest BCUT2D eigenvalue weighted by Gasteiger charge is -2.28. The first-order valence-corrected chi connectivity index (χ1v) is 12.0. The predicted molar refractivity (Wildman–Crippen MR) is 104 cm³/mol. The maximum atomic E-state index is 14.3. The fraction of sp³-hybridized carbons (Fsp3) is 0.375. The normalized spacial score (nSPS) is 15.6. The van der Waals surface area contributed by atoms with Crippen LogP contribution in [0.3, 0.4) is 0 Å². The van der Waals surface area contributed by atoms with Crippen LogP contribution in [0.25, 0.3) is 11.3 Å². The third-order valence-electron chi connectivity index (χ3n) is 4.34. The summed E-state index contributed by atoms with van der Waals surface area (Å²) in [5, 5.41) is 4.35. The fourth-order valence-corrected chi connectivity index (χ4v) is 4.39. The predicted octanol–water partition coefficient (Wildman–Crippen LogP) is 2.94. The zero-order valence-corrected chi connectivity index (χ0v) is 17.1. The Hall–Kier alpha value is -1.61. The van der Waals surface area contributed by atoms with Gasteiger partial charge in [0.15, 0.2) is 11.5 Å². The van der Waals surface area contributed by atoms with Gasteiger partial charge in [-0.15, -0.1) is 0 Å². The summed E-state index contributed by atoms with van der Waals surface area (Å²) in [6.45, 7) is 1.04. The van der Waals surface area contributed by atoms with Gasteiger partial charge in [0, 0.05) is 30.6 Å². The molecule has 1 saturated heterocycles. The number of pyridine rings is 1. The highest BCUT2D eigenvalue weighted by Crippen LogP contribution is 2.34. The zero-order valence-electron chi connectivity index (χ0n) is 14.0. The molecular weight excluding hydrogens is 473 g/mol. The molecule has 1 amide bonds. The quantitative estimate of drug-likeness (QED) is 0.366. The maximum absolute atomic E-state index is 14.3. The Balaban J connectivity index is 1.90. The number of rotatable bonds is 5. The molecule has 0 radical (unpaired) electrons. The van der Waals surface area contributed by atoms with E-state index in [1.54, 1.807) is 15.4 Å². The van der Waals surface area contributed by atoms with Crippen LogP contribution in [-0.2, 0) is 4.79 Å². The largest absolute Gasteiger partial charge is 0.481 e. The minimum atomic E-state index is -0.507. The lowest BCUT2D eigenvalue weighted by atomic mass is 9.98. The van der Waals surface area contributed by atoms with E-state index in [1.807, 2.05) is 0 Å². The molecule has 0 aliphatic carbocycles. The Morgan fingerprint density at radius 1 is 1.42 bits per heavy atom. The van der Waals surface area contributed by atoms with Crippen LogP contribution < -0.4 is 4.74 Å². The second-order valence-electron chi connectivity index (χ2n) is 5.88. The van der Waals surface area contributed by atoms with Gasteiger partial charge in [0.1, 0.15) is 6.29 Å². The van der Waals surface area contributed by atoms with E-state index in [4.69, 9.17) is 4.74 Å². The second kappa shape index (κ2) is 8.39. The Bertz CT molecular complexity index is 824. The van der Waals surface area contributed by atoms with Crippen molar-refractivity contribution in [2.75, 3.05) is 20.2 Å². The van der Waals surface area contributed by atoms with Gasteiger partial charge >= 0.3 is 0 Å². The van der Waals surface area contributed by atoms with E-state index < -0.39 is 5.82 Å². The molecule has 3 rings (SSSR count). The van der Waals surface area contributed by atoms with Crippen molar-refractivity contribution in [2.24, 2.45) is 5.92 Å². The molecule has 1 unspecified atom stereocenters. The highest BCUT2D eigenvalue weighted by atomic mass is 127. The number of carbonyl (C=O) groups is 2. The molecule has 0 bridgehead atoms. The summed E-state index contributed by atoms with van der Waals surface area (Å²) in [7, 11) is 1.46. The van der Waals surface area contributed by atoms with Gasteiger partial charge in [-0.1, -0.05) is 0 Å². The van der Waals surface area contributed by atoms with Gasteiger partial charge < -0.3 is 14.4 Å². The number of halogens is 2. The molecule has 1 atom stereocenters. The number of hydrogen-bond donors (Lipinski definition) is 0. The summed E-state index contributed by atoms with van der Waals surface area (Å²) in [6.07, 6.45) is 3.56. The number of methoxy groups -OCH3 is 1. The molecule has 26 heavy (non-hydrogen) atoms. The molecule has 0 saturated carbocycles. The number of nitrogens with zero attached hydrogens (tertiary/aromatic N) is 4. The summed E-state index contributed by atoms with van der Waals surface area (Å²) in [5.41, 5.74) is 1.05. The van der Waals surface area contributed by atoms with Gasteiger partial charge in [-0.25, -0.2) is 13.8 Å². The van der Waals surface area contributed by atoms with Crippen LogP contribution in [0.4, 0.5) is 4.39 Å². The molecule has 7 nitrogen and oxygen atoms in total. The number of carbonyl (C=O) groups excluding carboxylic acids is 2. The smallest absolute Gasteiger partial charge is 0.274 e. The third kappa shape index (κ3) is 3.88. The Morgan fingerprint density at radius 2 is 2.15 bits per heavy atom. The van der Waals surface area contributed by atoms with E-state index in [1.165, 1.54) is 13.2 Å². The van der Waals surface area contributed by atoms with E-state index in [9.17, 15) is 14.0 Å². The summed E-state index contributed by atoms with van der Waals surface area (Å²) in [4.78, 5) is 29.1. The van der Waals surface area contributed by atoms with E-state index in [0.29, 0.717) is 31.6 Å². The number of piperidine rings is 1.